The average Bonchev–Trinajstić information content (AvgIpc) is 3.51. The van der Waals surface area contributed by atoms with Gasteiger partial charge in [0, 0.05) is 23.6 Å². The smallest absolute Gasteiger partial charge is 0.328 e. The highest BCUT2D eigenvalue weighted by Gasteiger charge is 2.38. The first kappa shape index (κ1) is 28.5. The van der Waals surface area contributed by atoms with Gasteiger partial charge in [-0.1, -0.05) is 18.2 Å². The molecular weight excluding hydrogens is 498 g/mol. The van der Waals surface area contributed by atoms with E-state index in [-0.39, 0.29) is 12.3 Å². The first-order valence-corrected chi connectivity index (χ1v) is 13.6. The number of nitrogens with zero attached hydrogens (tertiary/aromatic N) is 1. The fraction of sp³-hybridized carbons (Fsp3) is 0.520. The largest absolute Gasteiger partial charge is 0.480 e. The number of hydrogen-bond donors (Lipinski definition) is 6. The third-order valence-corrected chi connectivity index (χ3v) is 7.20. The summed E-state index contributed by atoms with van der Waals surface area (Å²) >= 11 is 1.47. The van der Waals surface area contributed by atoms with E-state index >= 15 is 0 Å². The van der Waals surface area contributed by atoms with Crippen LogP contribution in [0.2, 0.25) is 0 Å². The number of thioether (sulfide) groups is 1. The van der Waals surface area contributed by atoms with Crippen molar-refractivity contribution in [1.82, 2.24) is 20.5 Å². The Bertz CT molecular complexity index is 1120. The molecule has 0 spiro atoms. The van der Waals surface area contributed by atoms with Gasteiger partial charge in [-0.05, 0) is 56.2 Å². The van der Waals surface area contributed by atoms with Crippen molar-refractivity contribution < 1.29 is 29.4 Å². The van der Waals surface area contributed by atoms with Gasteiger partial charge in [0.05, 0.1) is 12.1 Å². The molecule has 3 rings (SSSR count). The molecule has 1 fully saturated rings. The van der Waals surface area contributed by atoms with E-state index in [1.165, 1.54) is 23.6 Å². The Morgan fingerprint density at radius 1 is 1.24 bits per heavy atom. The van der Waals surface area contributed by atoms with E-state index < -0.39 is 48.1 Å². The number of amides is 3. The molecule has 202 valence electrons. The number of rotatable bonds is 12. The molecule has 3 amide bonds. The van der Waals surface area contributed by atoms with Gasteiger partial charge in [-0.3, -0.25) is 14.4 Å². The molecule has 1 aliphatic rings. The van der Waals surface area contributed by atoms with Crippen LogP contribution in [0.15, 0.2) is 30.5 Å². The molecule has 0 aliphatic carbocycles. The molecule has 1 aromatic carbocycles. The summed E-state index contributed by atoms with van der Waals surface area (Å²) in [6, 6.07) is 3.58. The fourth-order valence-corrected chi connectivity index (χ4v) is 5.03. The molecule has 1 aliphatic heterocycles. The number of carboxylic acids is 1. The Kier molecular flexibility index (Phi) is 9.95. The Labute approximate surface area is 219 Å². The van der Waals surface area contributed by atoms with Crippen LogP contribution in [0.5, 0.6) is 0 Å². The van der Waals surface area contributed by atoms with Crippen molar-refractivity contribution in [3.63, 3.8) is 0 Å². The lowest BCUT2D eigenvalue weighted by Gasteiger charge is -2.29. The zero-order valence-corrected chi connectivity index (χ0v) is 21.8. The van der Waals surface area contributed by atoms with Crippen LogP contribution < -0.4 is 16.4 Å². The molecule has 2 aromatic rings. The van der Waals surface area contributed by atoms with E-state index in [1.807, 2.05) is 36.7 Å². The molecule has 12 heteroatoms. The van der Waals surface area contributed by atoms with E-state index in [9.17, 15) is 29.4 Å². The molecule has 5 unspecified atom stereocenters. The number of benzene rings is 1. The van der Waals surface area contributed by atoms with E-state index in [0.29, 0.717) is 31.6 Å². The van der Waals surface area contributed by atoms with E-state index in [2.05, 4.69) is 15.6 Å². The second-order valence-corrected chi connectivity index (χ2v) is 10.3. The van der Waals surface area contributed by atoms with E-state index in [1.54, 1.807) is 0 Å². The Hall–Kier alpha value is -3.09. The number of para-hydroxylation sites is 1. The van der Waals surface area contributed by atoms with Gasteiger partial charge >= 0.3 is 5.97 Å². The molecule has 11 nitrogen and oxygen atoms in total. The zero-order valence-electron chi connectivity index (χ0n) is 21.0. The minimum absolute atomic E-state index is 0.256. The van der Waals surface area contributed by atoms with Crippen molar-refractivity contribution in [2.24, 2.45) is 5.73 Å². The highest BCUT2D eigenvalue weighted by molar-refractivity contribution is 7.98. The van der Waals surface area contributed by atoms with Crippen LogP contribution in [0.25, 0.3) is 10.9 Å². The predicted octanol–water partition coefficient (Wildman–Crippen LogP) is 0.217. The maximum absolute atomic E-state index is 13.2. The molecule has 0 saturated carbocycles. The topological polar surface area (TPSA) is 178 Å². The first-order valence-electron chi connectivity index (χ1n) is 12.3. The summed E-state index contributed by atoms with van der Waals surface area (Å²) in [5.41, 5.74) is 8.15. The van der Waals surface area contributed by atoms with Crippen LogP contribution in [-0.2, 0) is 25.6 Å². The minimum Gasteiger partial charge on any atom is -0.480 e. The summed E-state index contributed by atoms with van der Waals surface area (Å²) in [7, 11) is 0. The van der Waals surface area contributed by atoms with E-state index in [0.717, 1.165) is 16.5 Å². The van der Waals surface area contributed by atoms with Crippen molar-refractivity contribution in [2.75, 3.05) is 18.6 Å². The van der Waals surface area contributed by atoms with E-state index in [4.69, 9.17) is 5.73 Å². The number of aromatic amines is 1. The molecule has 1 saturated heterocycles. The van der Waals surface area contributed by atoms with Gasteiger partial charge in [0.25, 0.3) is 0 Å². The van der Waals surface area contributed by atoms with Gasteiger partial charge in [-0.25, -0.2) is 4.79 Å². The van der Waals surface area contributed by atoms with Gasteiger partial charge in [0.1, 0.15) is 12.1 Å². The number of carboxylic acid groups (broad SMARTS) is 1. The summed E-state index contributed by atoms with van der Waals surface area (Å²) in [4.78, 5) is 55.3. The maximum Gasteiger partial charge on any atom is 0.328 e. The fourth-order valence-electron chi connectivity index (χ4n) is 4.56. The highest BCUT2D eigenvalue weighted by Crippen LogP contribution is 2.22. The second kappa shape index (κ2) is 12.9. The Morgan fingerprint density at radius 3 is 2.65 bits per heavy atom. The Morgan fingerprint density at radius 2 is 1.97 bits per heavy atom. The quantitative estimate of drug-likeness (QED) is 0.224. The van der Waals surface area contributed by atoms with Gasteiger partial charge in [0.2, 0.25) is 17.7 Å². The predicted molar refractivity (Wildman–Crippen MR) is 141 cm³/mol. The highest BCUT2D eigenvalue weighted by atomic mass is 32.2. The summed E-state index contributed by atoms with van der Waals surface area (Å²) < 4.78 is 0. The molecule has 1 aromatic heterocycles. The number of likely N-dealkylation sites (tertiary alicyclic amines) is 1. The Balaban J connectivity index is 1.67. The van der Waals surface area contributed by atoms with Gasteiger partial charge in [-0.2, -0.15) is 11.8 Å². The van der Waals surface area contributed by atoms with Crippen LogP contribution in [0.3, 0.4) is 0 Å². The second-order valence-electron chi connectivity index (χ2n) is 9.27. The summed E-state index contributed by atoms with van der Waals surface area (Å²) in [6.07, 6.45) is 3.97. The van der Waals surface area contributed by atoms with Crippen LogP contribution in [0.4, 0.5) is 0 Å². The number of nitrogens with one attached hydrogen (secondary N) is 3. The van der Waals surface area contributed by atoms with Crippen LogP contribution in [0, 0.1) is 0 Å². The monoisotopic (exact) mass is 533 g/mol. The number of aliphatic hydroxyl groups excluding tert-OH is 1. The standard InChI is InChI=1S/C25H35N5O6S/c1-14(31)21(25(35)36)29-22(32)19(9-11-37-2)28-23(33)20-8-5-10-30(20)24(34)17(26)12-15-13-27-18-7-4-3-6-16(15)18/h3-4,6-7,13-14,17,19-21,27,31H,5,8-12,26H2,1-2H3,(H,28,33)(H,29,32)(H,35,36). The first-order chi connectivity index (χ1) is 17.6. The minimum atomic E-state index is -1.51. The number of carbonyl (C=O) groups is 4. The zero-order chi connectivity index (χ0) is 27.1. The number of aromatic nitrogens is 1. The molecular formula is C25H35N5O6S. The SMILES string of the molecule is CSCCC(NC(=O)C1CCCN1C(=O)C(N)Cc1c[nH]c2ccccc12)C(=O)NC(C(=O)O)C(C)O. The van der Waals surface area contributed by atoms with Crippen molar-refractivity contribution in [3.8, 4) is 0 Å². The van der Waals surface area contributed by atoms with Crippen molar-refractivity contribution >= 4 is 46.4 Å². The number of hydrogen-bond acceptors (Lipinski definition) is 7. The lowest BCUT2D eigenvalue weighted by atomic mass is 10.0. The van der Waals surface area contributed by atoms with Gasteiger partial charge < -0.3 is 36.5 Å². The van der Waals surface area contributed by atoms with Crippen molar-refractivity contribution in [1.29, 1.82) is 0 Å². The number of aliphatic carboxylic acids is 1. The summed E-state index contributed by atoms with van der Waals surface area (Å²) in [6.45, 7) is 1.64. The molecule has 0 radical (unpaired) electrons. The molecule has 2 heterocycles. The number of fused-ring (bicyclic) bond motifs is 1. The van der Waals surface area contributed by atoms with Crippen LogP contribution in [0.1, 0.15) is 31.7 Å². The maximum atomic E-state index is 13.2. The summed E-state index contributed by atoms with van der Waals surface area (Å²) in [5, 5.41) is 25.0. The number of aliphatic hydroxyl groups is 1. The lowest BCUT2D eigenvalue weighted by molar-refractivity contribution is -0.145. The summed E-state index contributed by atoms with van der Waals surface area (Å²) in [5.74, 6) is -2.38. The third kappa shape index (κ3) is 7.02. The normalized spacial score (nSPS) is 18.7. The molecule has 37 heavy (non-hydrogen) atoms. The third-order valence-electron chi connectivity index (χ3n) is 6.56. The molecule has 7 N–H and O–H groups in total. The van der Waals surface area contributed by atoms with Crippen molar-refractivity contribution in [2.45, 2.75) is 62.9 Å². The number of H-pyrrole nitrogens is 1. The number of nitrogens with two attached hydrogens (primary N) is 1. The van der Waals surface area contributed by atoms with Crippen molar-refractivity contribution in [3.05, 3.63) is 36.0 Å². The molecule has 0 bridgehead atoms. The average molecular weight is 534 g/mol. The van der Waals surface area contributed by atoms with Crippen LogP contribution >= 0.6 is 11.8 Å². The van der Waals surface area contributed by atoms with Gasteiger partial charge in [-0.15, -0.1) is 0 Å². The number of carbonyl (C=O) groups excluding carboxylic acids is 3. The van der Waals surface area contributed by atoms with Crippen LogP contribution in [-0.4, -0.2) is 92.6 Å². The molecule has 5 atom stereocenters. The lowest BCUT2D eigenvalue weighted by Crippen LogP contribution is -2.58. The van der Waals surface area contributed by atoms with Gasteiger partial charge in [0.15, 0.2) is 6.04 Å².